The molecule has 0 aliphatic rings. The number of nitrogens with zero attached hydrogens (tertiary/aromatic N) is 2. The van der Waals surface area contributed by atoms with Crippen LogP contribution in [0, 0.1) is 20.2 Å². The Labute approximate surface area is 126 Å². The predicted molar refractivity (Wildman–Crippen MR) is 77.3 cm³/mol. The van der Waals surface area contributed by atoms with Crippen molar-refractivity contribution in [3.8, 4) is 0 Å². The summed E-state index contributed by atoms with van der Waals surface area (Å²) in [5.74, 6) is -0.519. The van der Waals surface area contributed by atoms with Crippen molar-refractivity contribution in [3.05, 3.63) is 78.3 Å². The maximum atomic E-state index is 12.2. The van der Waals surface area contributed by atoms with Gasteiger partial charge in [0.15, 0.2) is 5.78 Å². The van der Waals surface area contributed by atoms with Crippen LogP contribution in [0.15, 0.2) is 46.9 Å². The highest BCUT2D eigenvalue weighted by Gasteiger charge is 2.20. The van der Waals surface area contributed by atoms with Crippen LogP contribution in [0.5, 0.6) is 0 Å². The van der Waals surface area contributed by atoms with Crippen molar-refractivity contribution in [1.29, 1.82) is 0 Å². The minimum atomic E-state index is -0.772. The second-order valence-electron chi connectivity index (χ2n) is 4.09. The first-order chi connectivity index (χ1) is 9.88. The summed E-state index contributed by atoms with van der Waals surface area (Å²) in [7, 11) is 0. The maximum Gasteiger partial charge on any atom is 0.277 e. The van der Waals surface area contributed by atoms with E-state index in [2.05, 4.69) is 15.9 Å². The molecule has 0 heterocycles. The van der Waals surface area contributed by atoms with Crippen molar-refractivity contribution in [2.75, 3.05) is 0 Å². The minimum Gasteiger partial charge on any atom is -0.289 e. The maximum absolute atomic E-state index is 12.2. The van der Waals surface area contributed by atoms with Crippen molar-refractivity contribution in [2.24, 2.45) is 0 Å². The van der Waals surface area contributed by atoms with Gasteiger partial charge in [-0.05, 0) is 24.3 Å². The summed E-state index contributed by atoms with van der Waals surface area (Å²) in [6.07, 6.45) is 0. The molecule has 0 amide bonds. The molecule has 2 rings (SSSR count). The quantitative estimate of drug-likeness (QED) is 0.476. The second kappa shape index (κ2) is 5.80. The Kier molecular flexibility index (Phi) is 4.08. The summed E-state index contributed by atoms with van der Waals surface area (Å²) in [6, 6.07) is 9.19. The number of nitro groups is 2. The van der Waals surface area contributed by atoms with Crippen LogP contribution in [0.1, 0.15) is 15.9 Å². The number of hydrogen-bond donors (Lipinski definition) is 0. The van der Waals surface area contributed by atoms with Crippen LogP contribution in [-0.2, 0) is 0 Å². The van der Waals surface area contributed by atoms with Crippen molar-refractivity contribution in [1.82, 2.24) is 0 Å². The van der Waals surface area contributed by atoms with E-state index in [9.17, 15) is 25.0 Å². The molecule has 2 aromatic rings. The van der Waals surface area contributed by atoms with Crippen LogP contribution in [0.2, 0.25) is 0 Å². The zero-order chi connectivity index (χ0) is 15.6. The fourth-order valence-electron chi connectivity index (χ4n) is 1.71. The minimum absolute atomic E-state index is 0.0989. The first-order valence-corrected chi connectivity index (χ1v) is 6.42. The zero-order valence-electron chi connectivity index (χ0n) is 10.4. The number of ketones is 1. The molecule has 0 N–H and O–H groups in total. The molecule has 0 saturated carbocycles. The average Bonchev–Trinajstić information content (AvgIpc) is 2.46. The molecule has 0 aromatic heterocycles. The van der Waals surface area contributed by atoms with Crippen molar-refractivity contribution < 1.29 is 14.6 Å². The molecule has 8 heteroatoms. The van der Waals surface area contributed by atoms with E-state index >= 15 is 0 Å². The Morgan fingerprint density at radius 2 is 1.33 bits per heavy atom. The zero-order valence-corrected chi connectivity index (χ0v) is 11.9. The number of benzene rings is 2. The number of hydrogen-bond acceptors (Lipinski definition) is 5. The summed E-state index contributed by atoms with van der Waals surface area (Å²) in [4.78, 5) is 32.3. The molecular formula is C13H7BrN2O5. The fraction of sp³-hybridized carbons (Fsp3) is 0. The Hall–Kier alpha value is -2.61. The summed E-state index contributed by atoms with van der Waals surface area (Å²) in [6.45, 7) is 0. The molecule has 106 valence electrons. The van der Waals surface area contributed by atoms with E-state index in [-0.39, 0.29) is 11.1 Å². The molecular weight excluding hydrogens is 344 g/mol. The number of rotatable bonds is 4. The van der Waals surface area contributed by atoms with E-state index in [1.54, 1.807) is 12.1 Å². The van der Waals surface area contributed by atoms with Gasteiger partial charge in [0, 0.05) is 27.7 Å². The standard InChI is InChI=1S/C13H7BrN2O5/c14-10-3-1-8(2-4-10)13(17)9-5-11(15(18)19)7-12(6-9)16(20)21/h1-7H. The first-order valence-electron chi connectivity index (χ1n) is 5.62. The second-order valence-corrected chi connectivity index (χ2v) is 5.00. The lowest BCUT2D eigenvalue weighted by Gasteiger charge is -2.02. The van der Waals surface area contributed by atoms with Gasteiger partial charge in [0.2, 0.25) is 0 Å². The summed E-state index contributed by atoms with van der Waals surface area (Å²) in [5, 5.41) is 21.6. The van der Waals surface area contributed by atoms with Crippen LogP contribution in [0.25, 0.3) is 0 Å². The van der Waals surface area contributed by atoms with E-state index in [0.717, 1.165) is 22.7 Å². The Balaban J connectivity index is 2.51. The largest absolute Gasteiger partial charge is 0.289 e. The SMILES string of the molecule is O=C(c1ccc(Br)cc1)c1cc([N+](=O)[O-])cc([N+](=O)[O-])c1. The predicted octanol–water partition coefficient (Wildman–Crippen LogP) is 3.50. The lowest BCUT2D eigenvalue weighted by atomic mass is 10.0. The molecule has 0 fully saturated rings. The van der Waals surface area contributed by atoms with Crippen LogP contribution in [0.4, 0.5) is 11.4 Å². The van der Waals surface area contributed by atoms with Crippen molar-refractivity contribution >= 4 is 33.1 Å². The van der Waals surface area contributed by atoms with E-state index in [0.29, 0.717) is 0 Å². The molecule has 0 spiro atoms. The van der Waals surface area contributed by atoms with E-state index in [1.165, 1.54) is 12.1 Å². The lowest BCUT2D eigenvalue weighted by molar-refractivity contribution is -0.394. The third-order valence-corrected chi connectivity index (χ3v) is 3.22. The number of nitro benzene ring substituents is 2. The Morgan fingerprint density at radius 3 is 1.76 bits per heavy atom. The van der Waals surface area contributed by atoms with Gasteiger partial charge in [-0.3, -0.25) is 25.0 Å². The van der Waals surface area contributed by atoms with Crippen LogP contribution < -0.4 is 0 Å². The molecule has 0 radical (unpaired) electrons. The van der Waals surface area contributed by atoms with Gasteiger partial charge < -0.3 is 0 Å². The van der Waals surface area contributed by atoms with Gasteiger partial charge in [0.05, 0.1) is 15.9 Å². The Bertz CT molecular complexity index is 710. The van der Waals surface area contributed by atoms with Gasteiger partial charge in [0.1, 0.15) is 0 Å². The van der Waals surface area contributed by atoms with Crippen LogP contribution in [-0.4, -0.2) is 15.6 Å². The van der Waals surface area contributed by atoms with Gasteiger partial charge in [-0.1, -0.05) is 15.9 Å². The number of carbonyl (C=O) groups excluding carboxylic acids is 1. The topological polar surface area (TPSA) is 103 Å². The van der Waals surface area contributed by atoms with Gasteiger partial charge in [-0.15, -0.1) is 0 Å². The summed E-state index contributed by atoms with van der Waals surface area (Å²) >= 11 is 3.22. The molecule has 0 atom stereocenters. The third kappa shape index (κ3) is 3.29. The summed E-state index contributed by atoms with van der Waals surface area (Å²) < 4.78 is 0.768. The molecule has 0 unspecified atom stereocenters. The van der Waals surface area contributed by atoms with Gasteiger partial charge >= 0.3 is 0 Å². The van der Waals surface area contributed by atoms with Crippen LogP contribution >= 0.6 is 15.9 Å². The van der Waals surface area contributed by atoms with Gasteiger partial charge in [-0.2, -0.15) is 0 Å². The number of carbonyl (C=O) groups is 1. The third-order valence-electron chi connectivity index (χ3n) is 2.69. The Morgan fingerprint density at radius 1 is 0.857 bits per heavy atom. The van der Waals surface area contributed by atoms with Gasteiger partial charge in [-0.25, -0.2) is 0 Å². The van der Waals surface area contributed by atoms with Gasteiger partial charge in [0.25, 0.3) is 11.4 Å². The molecule has 0 aliphatic heterocycles. The molecule has 0 saturated heterocycles. The van der Waals surface area contributed by atoms with E-state index in [4.69, 9.17) is 0 Å². The molecule has 7 nitrogen and oxygen atoms in total. The van der Waals surface area contributed by atoms with E-state index < -0.39 is 27.0 Å². The average molecular weight is 351 g/mol. The normalized spacial score (nSPS) is 10.1. The van der Waals surface area contributed by atoms with E-state index in [1.807, 2.05) is 0 Å². The molecule has 21 heavy (non-hydrogen) atoms. The number of non-ortho nitro benzene ring substituents is 2. The highest BCUT2D eigenvalue weighted by atomic mass is 79.9. The number of halogens is 1. The molecule has 0 bridgehead atoms. The monoisotopic (exact) mass is 350 g/mol. The van der Waals surface area contributed by atoms with Crippen LogP contribution in [0.3, 0.4) is 0 Å². The smallest absolute Gasteiger partial charge is 0.277 e. The molecule has 0 aliphatic carbocycles. The highest BCUT2D eigenvalue weighted by Crippen LogP contribution is 2.24. The summed E-state index contributed by atoms with van der Waals surface area (Å²) in [5.41, 5.74) is -0.805. The molecule has 2 aromatic carbocycles. The highest BCUT2D eigenvalue weighted by molar-refractivity contribution is 9.10. The lowest BCUT2D eigenvalue weighted by Crippen LogP contribution is -2.03. The first kappa shape index (κ1) is 14.8. The van der Waals surface area contributed by atoms with Crippen molar-refractivity contribution in [3.63, 3.8) is 0 Å². The van der Waals surface area contributed by atoms with Crippen molar-refractivity contribution in [2.45, 2.75) is 0 Å². The fourth-order valence-corrected chi connectivity index (χ4v) is 1.97.